The fourth-order valence-corrected chi connectivity index (χ4v) is 2.48. The Hall–Kier alpha value is -0.420. The summed E-state index contributed by atoms with van der Waals surface area (Å²) in [6.07, 6.45) is 0. The lowest BCUT2D eigenvalue weighted by Gasteiger charge is -2.33. The second-order valence-corrected chi connectivity index (χ2v) is 6.71. The van der Waals surface area contributed by atoms with Crippen molar-refractivity contribution < 1.29 is 9.00 Å². The van der Waals surface area contributed by atoms with Gasteiger partial charge in [-0.05, 0) is 5.41 Å². The highest BCUT2D eigenvalue weighted by atomic mass is 32.2. The molecule has 1 saturated heterocycles. The van der Waals surface area contributed by atoms with Crippen LogP contribution in [0.2, 0.25) is 0 Å². The van der Waals surface area contributed by atoms with Crippen molar-refractivity contribution in [1.82, 2.24) is 4.90 Å². The summed E-state index contributed by atoms with van der Waals surface area (Å²) in [6, 6.07) is -0.468. The molecule has 2 N–H and O–H groups in total. The van der Waals surface area contributed by atoms with Gasteiger partial charge in [0.15, 0.2) is 0 Å². The molecule has 0 aromatic heterocycles. The van der Waals surface area contributed by atoms with Crippen LogP contribution in [-0.2, 0) is 15.6 Å². The van der Waals surface area contributed by atoms with E-state index in [1.807, 2.05) is 20.8 Å². The maximum atomic E-state index is 12.0. The second-order valence-electron chi connectivity index (χ2n) is 5.02. The van der Waals surface area contributed by atoms with Gasteiger partial charge in [0.25, 0.3) is 0 Å². The molecule has 1 aliphatic heterocycles. The normalized spacial score (nSPS) is 21.5. The predicted octanol–water partition coefficient (Wildman–Crippen LogP) is -0.0493. The molecule has 1 fully saturated rings. The third kappa shape index (κ3) is 3.28. The minimum absolute atomic E-state index is 0.0146. The number of rotatable bonds is 1. The van der Waals surface area contributed by atoms with E-state index >= 15 is 0 Å². The van der Waals surface area contributed by atoms with Gasteiger partial charge in [0.05, 0.1) is 6.04 Å². The van der Waals surface area contributed by atoms with Gasteiger partial charge in [-0.1, -0.05) is 20.8 Å². The van der Waals surface area contributed by atoms with E-state index in [1.165, 1.54) is 0 Å². The second kappa shape index (κ2) is 4.61. The van der Waals surface area contributed by atoms with Gasteiger partial charge in [0, 0.05) is 35.4 Å². The summed E-state index contributed by atoms with van der Waals surface area (Å²) in [6.45, 7) is 7.03. The minimum atomic E-state index is -0.747. The van der Waals surface area contributed by atoms with Crippen molar-refractivity contribution in [1.29, 1.82) is 0 Å². The van der Waals surface area contributed by atoms with Crippen LogP contribution in [0.3, 0.4) is 0 Å². The maximum absolute atomic E-state index is 12.0. The molecule has 1 atom stereocenters. The molecule has 1 amide bonds. The van der Waals surface area contributed by atoms with Crippen molar-refractivity contribution in [3.05, 3.63) is 0 Å². The summed E-state index contributed by atoms with van der Waals surface area (Å²) in [4.78, 5) is 13.7. The third-order valence-corrected chi connectivity index (χ3v) is 3.96. The Balaban J connectivity index is 2.58. The molecule has 0 aromatic carbocycles. The van der Waals surface area contributed by atoms with Crippen LogP contribution in [0.4, 0.5) is 0 Å². The highest BCUT2D eigenvalue weighted by Gasteiger charge is 2.32. The number of amides is 1. The molecular weight excluding hydrogens is 212 g/mol. The zero-order valence-corrected chi connectivity index (χ0v) is 10.5. The first-order valence-electron chi connectivity index (χ1n) is 5.21. The van der Waals surface area contributed by atoms with Crippen molar-refractivity contribution in [3.63, 3.8) is 0 Å². The van der Waals surface area contributed by atoms with E-state index in [1.54, 1.807) is 4.90 Å². The van der Waals surface area contributed by atoms with Gasteiger partial charge in [-0.2, -0.15) is 0 Å². The van der Waals surface area contributed by atoms with Gasteiger partial charge >= 0.3 is 0 Å². The smallest absolute Gasteiger partial charge is 0.240 e. The Morgan fingerprint density at radius 1 is 1.33 bits per heavy atom. The zero-order valence-electron chi connectivity index (χ0n) is 9.66. The largest absolute Gasteiger partial charge is 0.339 e. The molecule has 5 heteroatoms. The molecular formula is C10H20N2O2S. The Kier molecular flexibility index (Phi) is 3.89. The van der Waals surface area contributed by atoms with Crippen LogP contribution in [-0.4, -0.2) is 45.7 Å². The van der Waals surface area contributed by atoms with Crippen LogP contribution in [0.25, 0.3) is 0 Å². The molecule has 1 heterocycles. The quantitative estimate of drug-likeness (QED) is 0.689. The van der Waals surface area contributed by atoms with Crippen LogP contribution in [0, 0.1) is 5.41 Å². The molecule has 0 radical (unpaired) electrons. The monoisotopic (exact) mass is 232 g/mol. The number of nitrogens with zero attached hydrogens (tertiary/aromatic N) is 1. The average Bonchev–Trinajstić information content (AvgIpc) is 2.15. The third-order valence-electron chi connectivity index (χ3n) is 2.69. The Morgan fingerprint density at radius 3 is 2.20 bits per heavy atom. The molecule has 1 unspecified atom stereocenters. The first-order valence-corrected chi connectivity index (χ1v) is 6.70. The summed E-state index contributed by atoms with van der Waals surface area (Å²) in [5, 5.41) is 0. The van der Waals surface area contributed by atoms with Crippen LogP contribution in [0.5, 0.6) is 0 Å². The van der Waals surface area contributed by atoms with Gasteiger partial charge in [-0.25, -0.2) is 0 Å². The van der Waals surface area contributed by atoms with Crippen LogP contribution < -0.4 is 5.73 Å². The number of hydrogen-bond acceptors (Lipinski definition) is 3. The lowest BCUT2D eigenvalue weighted by molar-refractivity contribution is -0.134. The molecule has 88 valence electrons. The van der Waals surface area contributed by atoms with Gasteiger partial charge < -0.3 is 10.6 Å². The number of nitrogens with two attached hydrogens (primary N) is 1. The van der Waals surface area contributed by atoms with Gasteiger partial charge in [0.1, 0.15) is 0 Å². The van der Waals surface area contributed by atoms with Crippen molar-refractivity contribution in [2.75, 3.05) is 24.6 Å². The average molecular weight is 232 g/mol. The Labute approximate surface area is 93.7 Å². The van der Waals surface area contributed by atoms with E-state index in [-0.39, 0.29) is 11.3 Å². The van der Waals surface area contributed by atoms with Crippen molar-refractivity contribution >= 4 is 16.7 Å². The topological polar surface area (TPSA) is 63.4 Å². The zero-order chi connectivity index (χ0) is 11.6. The molecule has 0 bridgehead atoms. The van der Waals surface area contributed by atoms with E-state index in [9.17, 15) is 9.00 Å². The molecule has 4 nitrogen and oxygen atoms in total. The van der Waals surface area contributed by atoms with E-state index in [2.05, 4.69) is 0 Å². The molecule has 0 aromatic rings. The van der Waals surface area contributed by atoms with Crippen LogP contribution in [0.15, 0.2) is 0 Å². The molecule has 15 heavy (non-hydrogen) atoms. The van der Waals surface area contributed by atoms with E-state index in [0.29, 0.717) is 24.6 Å². The highest BCUT2D eigenvalue weighted by molar-refractivity contribution is 7.85. The predicted molar refractivity (Wildman–Crippen MR) is 61.9 cm³/mol. The lowest BCUT2D eigenvalue weighted by atomic mass is 9.86. The van der Waals surface area contributed by atoms with Crippen molar-refractivity contribution in [2.45, 2.75) is 26.8 Å². The molecule has 1 rings (SSSR count). The van der Waals surface area contributed by atoms with Gasteiger partial charge in [-0.15, -0.1) is 0 Å². The number of carbonyl (C=O) groups is 1. The first-order chi connectivity index (χ1) is 6.82. The van der Waals surface area contributed by atoms with Crippen molar-refractivity contribution in [3.8, 4) is 0 Å². The fraction of sp³-hybridized carbons (Fsp3) is 0.900. The number of carbonyl (C=O) groups excluding carboxylic acids is 1. The van der Waals surface area contributed by atoms with E-state index in [4.69, 9.17) is 5.73 Å². The summed E-state index contributed by atoms with van der Waals surface area (Å²) in [5.74, 6) is 1.16. The van der Waals surface area contributed by atoms with E-state index < -0.39 is 16.8 Å². The summed E-state index contributed by atoms with van der Waals surface area (Å²) in [5.41, 5.74) is 5.68. The van der Waals surface area contributed by atoms with Crippen molar-refractivity contribution in [2.24, 2.45) is 11.1 Å². The van der Waals surface area contributed by atoms with Crippen LogP contribution in [0.1, 0.15) is 20.8 Å². The molecule has 1 aliphatic rings. The summed E-state index contributed by atoms with van der Waals surface area (Å²) >= 11 is 0. The molecule has 0 saturated carbocycles. The Morgan fingerprint density at radius 2 is 1.80 bits per heavy atom. The van der Waals surface area contributed by atoms with Gasteiger partial charge in [0.2, 0.25) is 5.91 Å². The molecule has 0 aliphatic carbocycles. The SMILES string of the molecule is CC(C)(C)C(N)C(=O)N1CCS(=O)CC1. The van der Waals surface area contributed by atoms with E-state index in [0.717, 1.165) is 0 Å². The Bertz CT molecular complexity index is 263. The summed E-state index contributed by atoms with van der Waals surface area (Å²) < 4.78 is 11.1. The van der Waals surface area contributed by atoms with Crippen LogP contribution >= 0.6 is 0 Å². The lowest BCUT2D eigenvalue weighted by Crippen LogP contribution is -2.53. The van der Waals surface area contributed by atoms with Gasteiger partial charge in [-0.3, -0.25) is 9.00 Å². The fourth-order valence-electron chi connectivity index (χ4n) is 1.43. The first kappa shape index (κ1) is 12.6. The minimum Gasteiger partial charge on any atom is -0.339 e. The number of hydrogen-bond donors (Lipinski definition) is 1. The maximum Gasteiger partial charge on any atom is 0.240 e. The summed E-state index contributed by atoms with van der Waals surface area (Å²) in [7, 11) is -0.747. The highest BCUT2D eigenvalue weighted by Crippen LogP contribution is 2.19. The molecule has 0 spiro atoms. The standard InChI is InChI=1S/C10H20N2O2S/c1-10(2,3)8(11)9(13)12-4-6-15(14)7-5-12/h8H,4-7,11H2,1-3H3.